The minimum Gasteiger partial charge on any atom is -0.481 e. The van der Waals surface area contributed by atoms with Gasteiger partial charge < -0.3 is 9.52 Å². The number of likely N-dealkylation sites (tertiary alicyclic amines) is 1. The first-order valence-corrected chi connectivity index (χ1v) is 10.1. The summed E-state index contributed by atoms with van der Waals surface area (Å²) in [5.41, 5.74) is 5.26. The van der Waals surface area contributed by atoms with E-state index in [2.05, 4.69) is 46.3 Å². The van der Waals surface area contributed by atoms with E-state index in [0.717, 1.165) is 41.0 Å². The van der Waals surface area contributed by atoms with Gasteiger partial charge in [0.1, 0.15) is 11.3 Å². The van der Waals surface area contributed by atoms with Crippen molar-refractivity contribution in [3.63, 3.8) is 0 Å². The average Bonchev–Trinajstić information content (AvgIpc) is 3.15. The fourth-order valence-corrected chi connectivity index (χ4v) is 3.94. The van der Waals surface area contributed by atoms with Crippen molar-refractivity contribution in [3.05, 3.63) is 89.6 Å². The normalized spacial score (nSPS) is 14.7. The zero-order valence-electron chi connectivity index (χ0n) is 16.5. The standard InChI is InChI=1S/C25H22N2O3/c28-25(29)21-15-27(16-21)14-19-6-8-22(26-13-19)24-12-20-11-18(7-9-23(20)30-24)10-17-4-2-1-3-5-17/h1-9,11-13,21H,10,14-16H2,(H,28,29). The lowest BCUT2D eigenvalue weighted by Gasteiger charge is -2.36. The zero-order valence-corrected chi connectivity index (χ0v) is 16.5. The van der Waals surface area contributed by atoms with Crippen LogP contribution in [0.5, 0.6) is 0 Å². The maximum absolute atomic E-state index is 10.9. The molecule has 1 aliphatic heterocycles. The molecule has 4 aromatic rings. The highest BCUT2D eigenvalue weighted by Gasteiger charge is 2.32. The van der Waals surface area contributed by atoms with E-state index in [1.54, 1.807) is 0 Å². The first-order valence-electron chi connectivity index (χ1n) is 10.1. The van der Waals surface area contributed by atoms with Crippen molar-refractivity contribution in [3.8, 4) is 11.5 Å². The van der Waals surface area contributed by atoms with E-state index in [-0.39, 0.29) is 5.92 Å². The molecule has 5 rings (SSSR count). The fourth-order valence-electron chi connectivity index (χ4n) is 3.94. The van der Waals surface area contributed by atoms with Crippen LogP contribution in [0.4, 0.5) is 0 Å². The van der Waals surface area contributed by atoms with Crippen LogP contribution < -0.4 is 0 Å². The molecule has 0 atom stereocenters. The van der Waals surface area contributed by atoms with E-state index in [1.165, 1.54) is 11.1 Å². The first-order chi connectivity index (χ1) is 14.6. The number of nitrogens with zero attached hydrogens (tertiary/aromatic N) is 2. The molecule has 1 saturated heterocycles. The molecule has 3 heterocycles. The largest absolute Gasteiger partial charge is 0.481 e. The van der Waals surface area contributed by atoms with Crippen LogP contribution in [0.3, 0.4) is 0 Å². The molecule has 2 aromatic carbocycles. The van der Waals surface area contributed by atoms with Crippen molar-refractivity contribution in [2.24, 2.45) is 5.92 Å². The number of furan rings is 1. The number of aromatic nitrogens is 1. The number of carbonyl (C=O) groups is 1. The summed E-state index contributed by atoms with van der Waals surface area (Å²) >= 11 is 0. The lowest BCUT2D eigenvalue weighted by molar-refractivity contribution is -0.147. The molecule has 0 radical (unpaired) electrons. The van der Waals surface area contributed by atoms with E-state index in [4.69, 9.17) is 9.52 Å². The quantitative estimate of drug-likeness (QED) is 0.514. The third kappa shape index (κ3) is 3.84. The monoisotopic (exact) mass is 398 g/mol. The summed E-state index contributed by atoms with van der Waals surface area (Å²) in [5, 5.41) is 10.1. The van der Waals surface area contributed by atoms with Crippen LogP contribution in [0.15, 0.2) is 77.3 Å². The van der Waals surface area contributed by atoms with Crippen LogP contribution in [0.1, 0.15) is 16.7 Å². The minimum atomic E-state index is -0.712. The summed E-state index contributed by atoms with van der Waals surface area (Å²) in [5.74, 6) is -0.195. The van der Waals surface area contributed by atoms with E-state index in [1.807, 2.05) is 36.5 Å². The highest BCUT2D eigenvalue weighted by Crippen LogP contribution is 2.28. The molecule has 1 fully saturated rings. The Balaban J connectivity index is 1.29. The Labute approximate surface area is 174 Å². The molecular weight excluding hydrogens is 376 g/mol. The lowest BCUT2D eigenvalue weighted by Crippen LogP contribution is -2.49. The zero-order chi connectivity index (χ0) is 20.5. The Morgan fingerprint density at radius 3 is 2.53 bits per heavy atom. The Morgan fingerprint density at radius 1 is 1.00 bits per heavy atom. The Kier molecular flexibility index (Phi) is 4.81. The van der Waals surface area contributed by atoms with Gasteiger partial charge in [-0.05, 0) is 47.4 Å². The van der Waals surface area contributed by atoms with Gasteiger partial charge in [0, 0.05) is 31.2 Å². The Hall–Kier alpha value is -3.44. The van der Waals surface area contributed by atoms with Crippen LogP contribution in [0, 0.1) is 5.92 Å². The number of carboxylic acids is 1. The molecule has 0 aliphatic carbocycles. The second-order valence-electron chi connectivity index (χ2n) is 7.93. The van der Waals surface area contributed by atoms with Crippen molar-refractivity contribution in [2.75, 3.05) is 13.1 Å². The average molecular weight is 398 g/mol. The third-order valence-electron chi connectivity index (χ3n) is 5.62. The van der Waals surface area contributed by atoms with E-state index < -0.39 is 5.97 Å². The fraction of sp³-hybridized carbons (Fsp3) is 0.200. The molecule has 2 aromatic heterocycles. The third-order valence-corrected chi connectivity index (χ3v) is 5.62. The highest BCUT2D eigenvalue weighted by atomic mass is 16.4. The van der Waals surface area contributed by atoms with Gasteiger partial charge >= 0.3 is 5.97 Å². The molecule has 30 heavy (non-hydrogen) atoms. The van der Waals surface area contributed by atoms with Gasteiger partial charge in [-0.25, -0.2) is 0 Å². The van der Waals surface area contributed by atoms with Gasteiger partial charge in [0.05, 0.1) is 5.92 Å². The second kappa shape index (κ2) is 7.76. The molecule has 0 bridgehead atoms. The predicted molar refractivity (Wildman–Crippen MR) is 115 cm³/mol. The maximum Gasteiger partial charge on any atom is 0.309 e. The molecule has 0 amide bonds. The van der Waals surface area contributed by atoms with E-state index >= 15 is 0 Å². The summed E-state index contributed by atoms with van der Waals surface area (Å²) < 4.78 is 6.01. The molecule has 1 aliphatic rings. The molecule has 5 nitrogen and oxygen atoms in total. The Bertz CT molecular complexity index is 1180. The van der Waals surface area contributed by atoms with Crippen molar-refractivity contribution < 1.29 is 14.3 Å². The second-order valence-corrected chi connectivity index (χ2v) is 7.93. The van der Waals surface area contributed by atoms with Gasteiger partial charge in [0.25, 0.3) is 0 Å². The van der Waals surface area contributed by atoms with Crippen molar-refractivity contribution in [2.45, 2.75) is 13.0 Å². The van der Waals surface area contributed by atoms with Gasteiger partial charge in [-0.1, -0.05) is 42.5 Å². The number of hydrogen-bond donors (Lipinski definition) is 1. The van der Waals surface area contributed by atoms with Gasteiger partial charge in [-0.3, -0.25) is 14.7 Å². The first kappa shape index (κ1) is 18.6. The topological polar surface area (TPSA) is 66.6 Å². The number of aliphatic carboxylic acids is 1. The molecule has 150 valence electrons. The minimum absolute atomic E-state index is 0.237. The van der Waals surface area contributed by atoms with Crippen molar-refractivity contribution >= 4 is 16.9 Å². The van der Waals surface area contributed by atoms with Crippen LogP contribution in [-0.2, 0) is 17.8 Å². The van der Waals surface area contributed by atoms with Gasteiger partial charge in [-0.15, -0.1) is 0 Å². The van der Waals surface area contributed by atoms with Gasteiger partial charge in [0.15, 0.2) is 5.76 Å². The predicted octanol–water partition coefficient (Wildman–Crippen LogP) is 4.60. The summed E-state index contributed by atoms with van der Waals surface area (Å²) in [6, 6.07) is 22.8. The summed E-state index contributed by atoms with van der Waals surface area (Å²) in [4.78, 5) is 17.6. The number of rotatable bonds is 6. The molecule has 1 N–H and O–H groups in total. The van der Waals surface area contributed by atoms with Crippen LogP contribution >= 0.6 is 0 Å². The number of benzene rings is 2. The van der Waals surface area contributed by atoms with Gasteiger partial charge in [0.2, 0.25) is 0 Å². The Morgan fingerprint density at radius 2 is 1.80 bits per heavy atom. The van der Waals surface area contributed by atoms with Crippen LogP contribution in [0.2, 0.25) is 0 Å². The number of pyridine rings is 1. The number of fused-ring (bicyclic) bond motifs is 1. The molecule has 0 spiro atoms. The molecule has 5 heteroatoms. The van der Waals surface area contributed by atoms with E-state index in [0.29, 0.717) is 13.1 Å². The van der Waals surface area contributed by atoms with Crippen LogP contribution in [0.25, 0.3) is 22.4 Å². The lowest BCUT2D eigenvalue weighted by atomic mass is 10.00. The summed E-state index contributed by atoms with van der Waals surface area (Å²) in [6.45, 7) is 1.93. The molecule has 0 unspecified atom stereocenters. The van der Waals surface area contributed by atoms with Crippen molar-refractivity contribution in [1.82, 2.24) is 9.88 Å². The van der Waals surface area contributed by atoms with Gasteiger partial charge in [-0.2, -0.15) is 0 Å². The smallest absolute Gasteiger partial charge is 0.309 e. The maximum atomic E-state index is 10.9. The number of carboxylic acid groups (broad SMARTS) is 1. The number of hydrogen-bond acceptors (Lipinski definition) is 4. The molecule has 0 saturated carbocycles. The van der Waals surface area contributed by atoms with Crippen molar-refractivity contribution in [1.29, 1.82) is 0 Å². The van der Waals surface area contributed by atoms with E-state index in [9.17, 15) is 4.79 Å². The highest BCUT2D eigenvalue weighted by molar-refractivity contribution is 5.83. The SMILES string of the molecule is O=C(O)C1CN(Cc2ccc(-c3cc4cc(Cc5ccccc5)ccc4o3)nc2)C1. The molecular formula is C25H22N2O3. The van der Waals surface area contributed by atoms with Crippen LogP contribution in [-0.4, -0.2) is 34.0 Å². The summed E-state index contributed by atoms with van der Waals surface area (Å²) in [7, 11) is 0. The summed E-state index contributed by atoms with van der Waals surface area (Å²) in [6.07, 6.45) is 2.74.